The molecule has 0 N–H and O–H groups in total. The third-order valence-corrected chi connectivity index (χ3v) is 8.13. The van der Waals surface area contributed by atoms with Gasteiger partial charge in [-0.05, 0) is 47.5 Å². The second-order valence-corrected chi connectivity index (χ2v) is 11.7. The maximum atomic E-state index is 12.9. The first kappa shape index (κ1) is 39.6. The number of fused-ring (bicyclic) bond motifs is 2. The average Bonchev–Trinajstić information content (AvgIpc) is 3.13. The zero-order valence-electron chi connectivity index (χ0n) is 27.6. The van der Waals surface area contributed by atoms with E-state index in [1.807, 2.05) is 84.9 Å². The predicted molar refractivity (Wildman–Crippen MR) is 179 cm³/mol. The molecule has 6 rings (SSSR count). The fourth-order valence-corrected chi connectivity index (χ4v) is 5.54. The van der Waals surface area contributed by atoms with Gasteiger partial charge < -0.3 is 37.9 Å². The Labute approximate surface area is 306 Å². The van der Waals surface area contributed by atoms with Crippen molar-refractivity contribution in [1.82, 2.24) is 0 Å². The minimum atomic E-state index is -3.86. The van der Waals surface area contributed by atoms with Gasteiger partial charge in [0, 0.05) is 4.90 Å². The van der Waals surface area contributed by atoms with Crippen LogP contribution >= 0.6 is 0 Å². The van der Waals surface area contributed by atoms with Crippen LogP contribution in [-0.2, 0) is 33.7 Å². The third kappa shape index (κ3) is 13.6. The van der Waals surface area contributed by atoms with Gasteiger partial charge in [0.05, 0.1) is 73.2 Å². The molecule has 48 heavy (non-hydrogen) atoms. The molecule has 2 aliphatic rings. The van der Waals surface area contributed by atoms with Crippen LogP contribution in [0.1, 0.15) is 17.2 Å². The molecule has 4 aromatic rings. The third-order valence-electron chi connectivity index (χ3n) is 6.78. The van der Waals surface area contributed by atoms with Crippen LogP contribution in [0.2, 0.25) is 0 Å². The molecular formula is C36H42NNaO9S. The van der Waals surface area contributed by atoms with Crippen molar-refractivity contribution in [2.24, 2.45) is 0 Å². The largest absolute Gasteiger partial charge is 1.00 e. The molecule has 0 aromatic heterocycles. The van der Waals surface area contributed by atoms with Gasteiger partial charge in [-0.1, -0.05) is 78.8 Å². The fourth-order valence-electron chi connectivity index (χ4n) is 4.43. The maximum Gasteiger partial charge on any atom is 1.00 e. The van der Waals surface area contributed by atoms with Gasteiger partial charge in [-0.2, -0.15) is 0 Å². The van der Waals surface area contributed by atoms with Crippen LogP contribution < -0.4 is 39.0 Å². The van der Waals surface area contributed by atoms with E-state index in [0.29, 0.717) is 83.3 Å². The Morgan fingerprint density at radius 2 is 0.896 bits per heavy atom. The van der Waals surface area contributed by atoms with E-state index in [9.17, 15) is 8.42 Å². The van der Waals surface area contributed by atoms with Crippen LogP contribution in [0.3, 0.4) is 0 Å². The number of benzene rings is 4. The number of methoxy groups -OCH3 is 1. The smallest absolute Gasteiger partial charge is 0.534 e. The van der Waals surface area contributed by atoms with Gasteiger partial charge in [0.25, 0.3) is 0 Å². The minimum absolute atomic E-state index is 0. The van der Waals surface area contributed by atoms with E-state index >= 15 is 0 Å². The molecule has 252 valence electrons. The van der Waals surface area contributed by atoms with E-state index < -0.39 is 16.1 Å². The van der Waals surface area contributed by atoms with Gasteiger partial charge in [-0.25, -0.2) is 8.42 Å². The number of para-hydroxylation sites is 2. The summed E-state index contributed by atoms with van der Waals surface area (Å²) in [7, 11) is -2.32. The van der Waals surface area contributed by atoms with Gasteiger partial charge in [0.15, 0.2) is 0 Å². The first-order valence-electron chi connectivity index (χ1n) is 15.4. The summed E-state index contributed by atoms with van der Waals surface area (Å²) in [5, 5.41) is 0. The second kappa shape index (κ2) is 22.8. The summed E-state index contributed by atoms with van der Waals surface area (Å²) in [5.41, 5.74) is 1.45. The summed E-state index contributed by atoms with van der Waals surface area (Å²) in [4.78, 5) is 0.125. The topological polar surface area (TPSA) is 113 Å². The standard InChI is InChI=1S/C20H16NO4S.C10H20O5.C6H6.Na/c1-24-14-10-12-15(13-11-14)26(22,23)21-20-16-6-2-4-8-18(16)25-19-9-5-3-7-17(19)20;1-2-12-5-6-14-9-10-15-8-7-13-4-3-11-1;1-2-4-6-5-3-1;/h2-13,20H,1H3;1-10H2;1-6H;/q-1;;;+1. The van der Waals surface area contributed by atoms with Gasteiger partial charge in [0.1, 0.15) is 27.3 Å². The van der Waals surface area contributed by atoms with Crippen molar-refractivity contribution in [2.75, 3.05) is 73.2 Å². The molecule has 0 unspecified atom stereocenters. The summed E-state index contributed by atoms with van der Waals surface area (Å²) >= 11 is 0. The van der Waals surface area contributed by atoms with Crippen LogP contribution in [0.25, 0.3) is 4.72 Å². The van der Waals surface area contributed by atoms with E-state index in [2.05, 4.69) is 4.72 Å². The number of hydrogen-bond acceptors (Lipinski definition) is 9. The zero-order chi connectivity index (χ0) is 33.0. The first-order chi connectivity index (χ1) is 23.1. The molecular weight excluding hydrogens is 645 g/mol. The Bertz CT molecular complexity index is 1410. The van der Waals surface area contributed by atoms with E-state index in [4.69, 9.17) is 33.2 Å². The van der Waals surface area contributed by atoms with Crippen molar-refractivity contribution < 1.29 is 71.1 Å². The molecule has 0 bridgehead atoms. The Kier molecular flexibility index (Phi) is 18.8. The van der Waals surface area contributed by atoms with Crippen molar-refractivity contribution in [3.8, 4) is 17.2 Å². The number of rotatable bonds is 4. The van der Waals surface area contributed by atoms with Gasteiger partial charge in [-0.15, -0.1) is 0 Å². The van der Waals surface area contributed by atoms with E-state index in [-0.39, 0.29) is 34.5 Å². The predicted octanol–water partition coefficient (Wildman–Crippen LogP) is 3.43. The Hall–Kier alpha value is -2.81. The Balaban J connectivity index is 0.000000239. The Morgan fingerprint density at radius 3 is 1.25 bits per heavy atom. The summed E-state index contributed by atoms with van der Waals surface area (Å²) < 4.78 is 67.3. The number of ether oxygens (including phenoxy) is 7. The maximum absolute atomic E-state index is 12.9. The second-order valence-electron chi connectivity index (χ2n) is 10.1. The molecule has 0 amide bonds. The summed E-state index contributed by atoms with van der Waals surface area (Å²) in [6.45, 7) is 6.11. The molecule has 12 heteroatoms. The molecule has 0 spiro atoms. The molecule has 0 atom stereocenters. The van der Waals surface area contributed by atoms with Crippen LogP contribution in [0.5, 0.6) is 17.2 Å². The van der Waals surface area contributed by atoms with Crippen LogP contribution in [-0.4, -0.2) is 81.6 Å². The fraction of sp³-hybridized carbons (Fsp3) is 0.333. The molecule has 0 aliphatic carbocycles. The van der Waals surface area contributed by atoms with E-state index in [1.54, 1.807) is 12.1 Å². The minimum Gasteiger partial charge on any atom is -0.534 e. The van der Waals surface area contributed by atoms with Gasteiger partial charge >= 0.3 is 29.6 Å². The number of hydrogen-bond donors (Lipinski definition) is 0. The summed E-state index contributed by atoms with van der Waals surface area (Å²) in [5.74, 6) is 1.82. The molecule has 0 saturated carbocycles. The molecule has 4 aromatic carbocycles. The first-order valence-corrected chi connectivity index (χ1v) is 16.9. The monoisotopic (exact) mass is 687 g/mol. The molecule has 1 fully saturated rings. The van der Waals surface area contributed by atoms with Gasteiger partial charge in [-0.3, -0.25) is 0 Å². The van der Waals surface area contributed by atoms with Crippen molar-refractivity contribution in [1.29, 1.82) is 0 Å². The summed E-state index contributed by atoms with van der Waals surface area (Å²) in [6.07, 6.45) is 0. The van der Waals surface area contributed by atoms with Crippen molar-refractivity contribution in [3.05, 3.63) is 125 Å². The quantitative estimate of drug-likeness (QED) is 0.298. The Morgan fingerprint density at radius 1 is 0.542 bits per heavy atom. The van der Waals surface area contributed by atoms with Crippen molar-refractivity contribution in [2.45, 2.75) is 10.9 Å². The average molecular weight is 688 g/mol. The number of sulfonamides is 1. The molecule has 1 saturated heterocycles. The SMILES string of the molecule is C1COCCOCCOCCOCCO1.COc1ccc(S(=O)(=O)[N-]C2c3ccccc3Oc3ccccc32)cc1.[Na+].c1ccccc1. The van der Waals surface area contributed by atoms with Crippen LogP contribution in [0.4, 0.5) is 0 Å². The molecule has 10 nitrogen and oxygen atoms in total. The zero-order valence-corrected chi connectivity index (χ0v) is 30.4. The molecule has 2 aliphatic heterocycles. The van der Waals surface area contributed by atoms with Crippen molar-refractivity contribution in [3.63, 3.8) is 0 Å². The van der Waals surface area contributed by atoms with Crippen LogP contribution in [0.15, 0.2) is 114 Å². The van der Waals surface area contributed by atoms with Crippen molar-refractivity contribution >= 4 is 10.0 Å². The van der Waals surface area contributed by atoms with Gasteiger partial charge in [0.2, 0.25) is 0 Å². The normalized spacial score (nSPS) is 15.8. The van der Waals surface area contributed by atoms with E-state index in [0.717, 1.165) is 11.1 Å². The van der Waals surface area contributed by atoms with E-state index in [1.165, 1.54) is 19.2 Å². The summed E-state index contributed by atoms with van der Waals surface area (Å²) in [6, 6.07) is 32.2. The molecule has 2 heterocycles. The molecule has 0 radical (unpaired) electrons. The number of nitrogens with zero attached hydrogens (tertiary/aromatic N) is 1. The van der Waals surface area contributed by atoms with Crippen LogP contribution in [0, 0.1) is 0 Å².